The van der Waals surface area contributed by atoms with Crippen LogP contribution >= 0.6 is 55.2 Å². The van der Waals surface area contributed by atoms with E-state index in [2.05, 4.69) is 37.0 Å². The number of nitrogens with zero attached hydrogens (tertiary/aromatic N) is 3. The zero-order valence-electron chi connectivity index (χ0n) is 12.0. The molecule has 0 saturated carbocycles. The zero-order chi connectivity index (χ0) is 16.3. The summed E-state index contributed by atoms with van der Waals surface area (Å²) in [5, 5.41) is 5.37. The minimum atomic E-state index is -0.172. The highest BCUT2D eigenvalue weighted by Crippen LogP contribution is 2.35. The molecule has 1 aromatic carbocycles. The standard InChI is InChI=1S/C14H14Br2ClN3OS/c1-3-19(4-2)14(21)20-8-12(17)13(18-20)22-11-6-9(15)5-10(16)7-11/h5-8H,3-4H2,1-2H3. The van der Waals surface area contributed by atoms with Gasteiger partial charge in [-0.15, -0.1) is 0 Å². The molecule has 8 heteroatoms. The fraction of sp³-hybridized carbons (Fsp3) is 0.286. The molecule has 0 unspecified atom stereocenters. The number of benzene rings is 1. The summed E-state index contributed by atoms with van der Waals surface area (Å²) >= 11 is 14.5. The lowest BCUT2D eigenvalue weighted by molar-refractivity contribution is 0.201. The Morgan fingerprint density at radius 2 is 1.86 bits per heavy atom. The summed E-state index contributed by atoms with van der Waals surface area (Å²) in [6.07, 6.45) is 1.55. The number of carbonyl (C=O) groups excluding carboxylic acids is 1. The van der Waals surface area contributed by atoms with Gasteiger partial charge in [0.05, 0.1) is 11.2 Å². The first-order valence-corrected chi connectivity index (χ1v) is 9.41. The van der Waals surface area contributed by atoms with Gasteiger partial charge in [0.25, 0.3) is 0 Å². The van der Waals surface area contributed by atoms with Crippen molar-refractivity contribution in [2.45, 2.75) is 23.8 Å². The minimum absolute atomic E-state index is 0.172. The summed E-state index contributed by atoms with van der Waals surface area (Å²) in [4.78, 5) is 14.9. The van der Waals surface area contributed by atoms with Crippen LogP contribution in [0.1, 0.15) is 13.8 Å². The molecule has 4 nitrogen and oxygen atoms in total. The van der Waals surface area contributed by atoms with Crippen LogP contribution in [0.2, 0.25) is 5.02 Å². The third-order valence-corrected chi connectivity index (χ3v) is 5.19. The molecule has 2 aromatic rings. The zero-order valence-corrected chi connectivity index (χ0v) is 16.8. The lowest BCUT2D eigenvalue weighted by Crippen LogP contribution is -2.34. The molecule has 0 spiro atoms. The summed E-state index contributed by atoms with van der Waals surface area (Å²) < 4.78 is 3.21. The molecule has 1 amide bonds. The molecule has 1 aromatic heterocycles. The van der Waals surface area contributed by atoms with Crippen molar-refractivity contribution in [1.82, 2.24) is 14.7 Å². The van der Waals surface area contributed by atoms with Crippen LogP contribution in [0.5, 0.6) is 0 Å². The number of aromatic nitrogens is 2. The van der Waals surface area contributed by atoms with E-state index in [-0.39, 0.29) is 6.03 Å². The van der Waals surface area contributed by atoms with Gasteiger partial charge in [0.15, 0.2) is 0 Å². The lowest BCUT2D eigenvalue weighted by Gasteiger charge is -2.17. The number of amides is 1. The second-order valence-corrected chi connectivity index (χ2v) is 7.69. The van der Waals surface area contributed by atoms with Gasteiger partial charge in [0, 0.05) is 26.9 Å². The molecule has 0 saturated heterocycles. The van der Waals surface area contributed by atoms with E-state index >= 15 is 0 Å². The van der Waals surface area contributed by atoms with Crippen LogP contribution in [-0.2, 0) is 0 Å². The average molecular weight is 468 g/mol. The maximum Gasteiger partial charge on any atom is 0.344 e. The number of hydrogen-bond donors (Lipinski definition) is 0. The molecule has 0 fully saturated rings. The summed E-state index contributed by atoms with van der Waals surface area (Å²) in [5.74, 6) is 0. The highest BCUT2D eigenvalue weighted by molar-refractivity contribution is 9.11. The predicted octanol–water partition coefficient (Wildman–Crippen LogP) is 5.52. The van der Waals surface area contributed by atoms with Crippen LogP contribution in [0.4, 0.5) is 4.79 Å². The molecule has 118 valence electrons. The van der Waals surface area contributed by atoms with Crippen molar-refractivity contribution in [2.24, 2.45) is 0 Å². The van der Waals surface area contributed by atoms with Crippen LogP contribution in [0.25, 0.3) is 0 Å². The SMILES string of the molecule is CCN(CC)C(=O)n1cc(Cl)c(Sc2cc(Br)cc(Br)c2)n1. The second-order valence-electron chi connectivity index (χ2n) is 4.39. The number of hydrogen-bond acceptors (Lipinski definition) is 3. The van der Waals surface area contributed by atoms with E-state index in [0.717, 1.165) is 13.8 Å². The fourth-order valence-electron chi connectivity index (χ4n) is 1.84. The Labute approximate surface area is 155 Å². The molecule has 2 rings (SSSR count). The van der Waals surface area contributed by atoms with E-state index in [1.807, 2.05) is 32.0 Å². The van der Waals surface area contributed by atoms with Crippen LogP contribution < -0.4 is 0 Å². The van der Waals surface area contributed by atoms with E-state index < -0.39 is 0 Å². The third-order valence-electron chi connectivity index (χ3n) is 2.92. The lowest BCUT2D eigenvalue weighted by atomic mass is 10.4. The van der Waals surface area contributed by atoms with Crippen molar-refractivity contribution in [3.8, 4) is 0 Å². The van der Waals surface area contributed by atoms with Gasteiger partial charge in [-0.25, -0.2) is 4.79 Å². The Kier molecular flexibility index (Phi) is 6.37. The van der Waals surface area contributed by atoms with Crippen molar-refractivity contribution < 1.29 is 4.79 Å². The van der Waals surface area contributed by atoms with E-state index in [4.69, 9.17) is 11.6 Å². The van der Waals surface area contributed by atoms with E-state index in [9.17, 15) is 4.79 Å². The normalized spacial score (nSPS) is 10.8. The highest BCUT2D eigenvalue weighted by Gasteiger charge is 2.17. The molecule has 0 aliphatic carbocycles. The molecular weight excluding hydrogens is 454 g/mol. The van der Waals surface area contributed by atoms with Gasteiger partial charge in [0.1, 0.15) is 5.03 Å². The maximum absolute atomic E-state index is 12.3. The quantitative estimate of drug-likeness (QED) is 0.594. The van der Waals surface area contributed by atoms with Crippen molar-refractivity contribution in [3.63, 3.8) is 0 Å². The van der Waals surface area contributed by atoms with Gasteiger partial charge in [-0.2, -0.15) is 9.78 Å². The topological polar surface area (TPSA) is 38.1 Å². The molecule has 0 atom stereocenters. The van der Waals surface area contributed by atoms with E-state index in [1.54, 1.807) is 11.1 Å². The number of carbonyl (C=O) groups is 1. The Hall–Kier alpha value is -0.500. The van der Waals surface area contributed by atoms with Gasteiger partial charge < -0.3 is 4.90 Å². The van der Waals surface area contributed by atoms with Gasteiger partial charge in [-0.3, -0.25) is 0 Å². The summed E-state index contributed by atoms with van der Waals surface area (Å²) in [5.41, 5.74) is 0. The van der Waals surface area contributed by atoms with Crippen LogP contribution in [0, 0.1) is 0 Å². The van der Waals surface area contributed by atoms with Gasteiger partial charge >= 0.3 is 6.03 Å². The van der Waals surface area contributed by atoms with Crippen LogP contribution in [0.3, 0.4) is 0 Å². The number of halogens is 3. The Morgan fingerprint density at radius 3 is 2.41 bits per heavy atom. The smallest absolute Gasteiger partial charge is 0.323 e. The van der Waals surface area contributed by atoms with E-state index in [1.165, 1.54) is 16.4 Å². The second kappa shape index (κ2) is 7.86. The Morgan fingerprint density at radius 1 is 1.27 bits per heavy atom. The van der Waals surface area contributed by atoms with Crippen molar-refractivity contribution in [1.29, 1.82) is 0 Å². The minimum Gasteiger partial charge on any atom is -0.323 e. The summed E-state index contributed by atoms with van der Waals surface area (Å²) in [6.45, 7) is 5.13. The van der Waals surface area contributed by atoms with Gasteiger partial charge in [-0.1, -0.05) is 55.2 Å². The average Bonchev–Trinajstić information content (AvgIpc) is 2.80. The van der Waals surface area contributed by atoms with Crippen LogP contribution in [-0.4, -0.2) is 33.8 Å². The molecule has 1 heterocycles. The fourth-order valence-corrected chi connectivity index (χ4v) is 4.56. The first-order chi connectivity index (χ1) is 10.4. The van der Waals surface area contributed by atoms with Gasteiger partial charge in [0.2, 0.25) is 0 Å². The molecule has 0 aliphatic rings. The Bertz CT molecular complexity index is 668. The monoisotopic (exact) mass is 465 g/mol. The molecule has 0 bridgehead atoms. The summed E-state index contributed by atoms with van der Waals surface area (Å²) in [6, 6.07) is 5.72. The largest absolute Gasteiger partial charge is 0.344 e. The molecular formula is C14H14Br2ClN3OS. The van der Waals surface area contributed by atoms with Crippen molar-refractivity contribution in [2.75, 3.05) is 13.1 Å². The first-order valence-electron chi connectivity index (χ1n) is 6.63. The highest BCUT2D eigenvalue weighted by atomic mass is 79.9. The number of rotatable bonds is 4. The predicted molar refractivity (Wildman–Crippen MR) is 96.9 cm³/mol. The maximum atomic E-state index is 12.3. The van der Waals surface area contributed by atoms with E-state index in [0.29, 0.717) is 23.1 Å². The molecule has 0 N–H and O–H groups in total. The van der Waals surface area contributed by atoms with Crippen molar-refractivity contribution >= 4 is 61.3 Å². The van der Waals surface area contributed by atoms with Gasteiger partial charge in [-0.05, 0) is 32.0 Å². The summed E-state index contributed by atoms with van der Waals surface area (Å²) in [7, 11) is 0. The Balaban J connectivity index is 2.24. The molecule has 0 aliphatic heterocycles. The first kappa shape index (κ1) is 17.8. The third kappa shape index (κ3) is 4.28. The van der Waals surface area contributed by atoms with Crippen molar-refractivity contribution in [3.05, 3.63) is 38.4 Å². The molecule has 0 radical (unpaired) electrons. The van der Waals surface area contributed by atoms with Crippen LogP contribution in [0.15, 0.2) is 43.3 Å². The molecule has 22 heavy (non-hydrogen) atoms.